The molecule has 4 rings (SSSR count). The van der Waals surface area contributed by atoms with Gasteiger partial charge in [0.15, 0.2) is 0 Å². The number of pyridine rings is 1. The zero-order valence-corrected chi connectivity index (χ0v) is 17.6. The van der Waals surface area contributed by atoms with Gasteiger partial charge in [-0.1, -0.05) is 31.1 Å². The molecule has 31 heavy (non-hydrogen) atoms. The lowest BCUT2D eigenvalue weighted by Gasteiger charge is -2.19. The highest BCUT2D eigenvalue weighted by molar-refractivity contribution is 5.94. The molecule has 1 N–H and O–H groups in total. The minimum absolute atomic E-state index is 0.0418. The van der Waals surface area contributed by atoms with Crippen molar-refractivity contribution in [2.24, 2.45) is 5.92 Å². The summed E-state index contributed by atoms with van der Waals surface area (Å²) in [6.45, 7) is 5.25. The number of amides is 2. The van der Waals surface area contributed by atoms with E-state index in [1.54, 1.807) is 30.6 Å². The third kappa shape index (κ3) is 4.79. The number of rotatable bonds is 7. The molecule has 2 aromatic heterocycles. The first-order valence-electron chi connectivity index (χ1n) is 10.4. The highest BCUT2D eigenvalue weighted by Crippen LogP contribution is 2.24. The van der Waals surface area contributed by atoms with E-state index in [0.29, 0.717) is 30.2 Å². The molecule has 0 aliphatic carbocycles. The molecule has 0 spiro atoms. The second kappa shape index (κ2) is 9.07. The zero-order chi connectivity index (χ0) is 21.8. The molecule has 160 valence electrons. The highest BCUT2D eigenvalue weighted by Gasteiger charge is 2.26. The minimum atomic E-state index is -0.431. The summed E-state index contributed by atoms with van der Waals surface area (Å²) in [7, 11) is 0. The van der Waals surface area contributed by atoms with Gasteiger partial charge >= 0.3 is 0 Å². The van der Waals surface area contributed by atoms with Gasteiger partial charge in [-0.25, -0.2) is 0 Å². The van der Waals surface area contributed by atoms with Crippen LogP contribution in [-0.2, 0) is 11.3 Å². The fraction of sp³-hybridized carbons (Fsp3) is 0.348. The molecule has 1 aromatic carbocycles. The minimum Gasteiger partial charge on any atom is -0.340 e. The van der Waals surface area contributed by atoms with Crippen LogP contribution in [0.5, 0.6) is 0 Å². The molecule has 1 unspecified atom stereocenters. The van der Waals surface area contributed by atoms with E-state index < -0.39 is 6.04 Å². The van der Waals surface area contributed by atoms with Crippen LogP contribution in [0.3, 0.4) is 0 Å². The highest BCUT2D eigenvalue weighted by atomic mass is 16.5. The van der Waals surface area contributed by atoms with Crippen molar-refractivity contribution in [3.8, 4) is 11.4 Å². The molecule has 0 radical (unpaired) electrons. The monoisotopic (exact) mass is 419 g/mol. The molecule has 1 aliphatic rings. The van der Waals surface area contributed by atoms with Gasteiger partial charge in [0.25, 0.3) is 5.91 Å². The SMILES string of the molecule is CC(C)C(NC(=O)c1cccc(CN2CCCC2=O)c1)c1nc(-c2ccncc2)no1. The second-order valence-electron chi connectivity index (χ2n) is 8.01. The number of aromatic nitrogens is 3. The first kappa shape index (κ1) is 20.7. The first-order chi connectivity index (χ1) is 15.0. The summed E-state index contributed by atoms with van der Waals surface area (Å²) in [4.78, 5) is 35.2. The average Bonchev–Trinajstić information content (AvgIpc) is 3.42. The summed E-state index contributed by atoms with van der Waals surface area (Å²) < 4.78 is 5.46. The largest absolute Gasteiger partial charge is 0.340 e. The number of nitrogens with zero attached hydrogens (tertiary/aromatic N) is 4. The number of nitrogens with one attached hydrogen (secondary N) is 1. The van der Waals surface area contributed by atoms with Crippen LogP contribution in [0, 0.1) is 5.92 Å². The molecule has 3 heterocycles. The van der Waals surface area contributed by atoms with Crippen molar-refractivity contribution in [1.29, 1.82) is 0 Å². The van der Waals surface area contributed by atoms with E-state index in [4.69, 9.17) is 4.52 Å². The number of carbonyl (C=O) groups excluding carboxylic acids is 2. The van der Waals surface area contributed by atoms with Crippen molar-refractivity contribution in [2.45, 2.75) is 39.3 Å². The zero-order valence-electron chi connectivity index (χ0n) is 17.6. The topological polar surface area (TPSA) is 101 Å². The molecule has 1 atom stereocenters. The Morgan fingerprint density at radius 1 is 1.23 bits per heavy atom. The Labute approximate surface area is 180 Å². The van der Waals surface area contributed by atoms with Crippen LogP contribution in [0.15, 0.2) is 53.3 Å². The van der Waals surface area contributed by atoms with Crippen molar-refractivity contribution in [3.05, 3.63) is 65.8 Å². The molecule has 8 nitrogen and oxygen atoms in total. The molecule has 8 heteroatoms. The Hall–Kier alpha value is -3.55. The van der Waals surface area contributed by atoms with Gasteiger partial charge in [0, 0.05) is 43.0 Å². The molecular weight excluding hydrogens is 394 g/mol. The van der Waals surface area contributed by atoms with Crippen LogP contribution >= 0.6 is 0 Å². The third-order valence-corrected chi connectivity index (χ3v) is 5.33. The van der Waals surface area contributed by atoms with E-state index in [-0.39, 0.29) is 17.7 Å². The molecule has 1 aliphatic heterocycles. The number of benzene rings is 1. The Bertz CT molecular complexity index is 1060. The summed E-state index contributed by atoms with van der Waals surface area (Å²) in [6, 6.07) is 10.5. The van der Waals surface area contributed by atoms with Crippen molar-refractivity contribution in [3.63, 3.8) is 0 Å². The molecule has 3 aromatic rings. The Kier molecular flexibility index (Phi) is 6.06. The molecular formula is C23H25N5O3. The summed E-state index contributed by atoms with van der Waals surface area (Å²) in [5.74, 6) is 0.789. The van der Waals surface area contributed by atoms with Crippen LogP contribution in [0.1, 0.15) is 54.5 Å². The molecule has 0 bridgehead atoms. The van der Waals surface area contributed by atoms with Crippen molar-refractivity contribution < 1.29 is 14.1 Å². The van der Waals surface area contributed by atoms with E-state index >= 15 is 0 Å². The Morgan fingerprint density at radius 3 is 2.74 bits per heavy atom. The van der Waals surface area contributed by atoms with Crippen molar-refractivity contribution >= 4 is 11.8 Å². The lowest BCUT2D eigenvalue weighted by molar-refractivity contribution is -0.128. The first-order valence-corrected chi connectivity index (χ1v) is 10.4. The summed E-state index contributed by atoms with van der Waals surface area (Å²) >= 11 is 0. The summed E-state index contributed by atoms with van der Waals surface area (Å²) in [5, 5.41) is 7.06. The number of likely N-dealkylation sites (tertiary alicyclic amines) is 1. The van der Waals surface area contributed by atoms with Gasteiger partial charge in [0.2, 0.25) is 17.6 Å². The Morgan fingerprint density at radius 2 is 2.03 bits per heavy atom. The Balaban J connectivity index is 1.49. The summed E-state index contributed by atoms with van der Waals surface area (Å²) in [6.07, 6.45) is 4.81. The van der Waals surface area contributed by atoms with Gasteiger partial charge in [-0.3, -0.25) is 14.6 Å². The summed E-state index contributed by atoms with van der Waals surface area (Å²) in [5.41, 5.74) is 2.26. The van der Waals surface area contributed by atoms with E-state index in [1.807, 2.05) is 36.9 Å². The van der Waals surface area contributed by atoms with Crippen LogP contribution < -0.4 is 5.32 Å². The predicted molar refractivity (Wildman–Crippen MR) is 114 cm³/mol. The fourth-order valence-electron chi connectivity index (χ4n) is 3.62. The van der Waals surface area contributed by atoms with Gasteiger partial charge in [0.1, 0.15) is 6.04 Å². The average molecular weight is 419 g/mol. The van der Waals surface area contributed by atoms with Crippen molar-refractivity contribution in [1.82, 2.24) is 25.3 Å². The van der Waals surface area contributed by atoms with Crippen LogP contribution in [0.4, 0.5) is 0 Å². The lowest BCUT2D eigenvalue weighted by Crippen LogP contribution is -2.32. The smallest absolute Gasteiger partial charge is 0.251 e. The quantitative estimate of drug-likeness (QED) is 0.630. The van der Waals surface area contributed by atoms with E-state index in [0.717, 1.165) is 24.1 Å². The van der Waals surface area contributed by atoms with Crippen LogP contribution in [-0.4, -0.2) is 38.4 Å². The van der Waals surface area contributed by atoms with Gasteiger partial charge in [-0.2, -0.15) is 4.98 Å². The maximum absolute atomic E-state index is 13.0. The van der Waals surface area contributed by atoms with E-state index in [2.05, 4.69) is 20.4 Å². The second-order valence-corrected chi connectivity index (χ2v) is 8.01. The van der Waals surface area contributed by atoms with Crippen molar-refractivity contribution in [2.75, 3.05) is 6.54 Å². The standard InChI is InChI=1S/C23H25N5O3/c1-15(2)20(23-26-21(27-31-23)17-8-10-24-11-9-17)25-22(30)18-6-3-5-16(13-18)14-28-12-4-7-19(28)29/h3,5-6,8-11,13,15,20H,4,7,12,14H2,1-2H3,(H,25,30). The molecule has 1 fully saturated rings. The van der Waals surface area contributed by atoms with Gasteiger partial charge in [-0.05, 0) is 42.2 Å². The lowest BCUT2D eigenvalue weighted by atomic mass is 10.0. The van der Waals surface area contributed by atoms with E-state index in [9.17, 15) is 9.59 Å². The van der Waals surface area contributed by atoms with E-state index in [1.165, 1.54) is 0 Å². The maximum atomic E-state index is 13.0. The molecule has 2 amide bonds. The number of hydrogen-bond donors (Lipinski definition) is 1. The molecule has 1 saturated heterocycles. The normalized spacial score (nSPS) is 14.8. The van der Waals surface area contributed by atoms with Gasteiger partial charge in [-0.15, -0.1) is 0 Å². The third-order valence-electron chi connectivity index (χ3n) is 5.33. The van der Waals surface area contributed by atoms with Crippen LogP contribution in [0.2, 0.25) is 0 Å². The number of hydrogen-bond acceptors (Lipinski definition) is 6. The van der Waals surface area contributed by atoms with Gasteiger partial charge in [0.05, 0.1) is 0 Å². The molecule has 0 saturated carbocycles. The van der Waals surface area contributed by atoms with Gasteiger partial charge < -0.3 is 14.7 Å². The number of carbonyl (C=O) groups is 2. The fourth-order valence-corrected chi connectivity index (χ4v) is 3.62. The predicted octanol–water partition coefficient (Wildman–Crippen LogP) is 3.38. The van der Waals surface area contributed by atoms with Crippen LogP contribution in [0.25, 0.3) is 11.4 Å². The maximum Gasteiger partial charge on any atom is 0.251 e.